The quantitative estimate of drug-likeness (QED) is 0.0154. The number of ketones is 1. The van der Waals surface area contributed by atoms with Gasteiger partial charge < -0.3 is 39.2 Å². The summed E-state index contributed by atoms with van der Waals surface area (Å²) in [5.74, 6) is -4.70. The monoisotopic (exact) mass is 1240 g/mol. The van der Waals surface area contributed by atoms with E-state index < -0.39 is 76.9 Å². The Labute approximate surface area is 498 Å². The van der Waals surface area contributed by atoms with Crippen LogP contribution in [0.25, 0.3) is 32.6 Å². The number of imide groups is 1. The number of carboxylic acids is 1. The van der Waals surface area contributed by atoms with E-state index >= 15 is 4.79 Å². The lowest BCUT2D eigenvalue weighted by atomic mass is 9.91. The number of para-hydroxylation sites is 2. The minimum Gasteiger partial charge on any atom is -0.744 e. The van der Waals surface area contributed by atoms with E-state index in [4.69, 9.17) is 29.8 Å². The molecule has 2 aliphatic heterocycles. The van der Waals surface area contributed by atoms with E-state index in [1.807, 2.05) is 4.57 Å². The predicted octanol–water partition coefficient (Wildman–Crippen LogP) is 4.20. The number of carbonyl (C=O) groups excluding carboxylic acids is 5. The van der Waals surface area contributed by atoms with Gasteiger partial charge in [0.25, 0.3) is 27.7 Å². The number of aryl methyl sites for hydroxylation is 3. The highest BCUT2D eigenvalue weighted by atomic mass is 32.2. The molecule has 460 valence electrons. The molecule has 0 bridgehead atoms. The zero-order valence-electron chi connectivity index (χ0n) is 47.6. The zero-order valence-corrected chi connectivity index (χ0v) is 50.1. The number of benzene rings is 5. The highest BCUT2D eigenvalue weighted by Crippen LogP contribution is 2.38. The highest BCUT2D eigenvalue weighted by Gasteiger charge is 2.39. The Kier molecular flexibility index (Phi) is 21.4. The number of nitrogens with zero attached hydrogens (tertiary/aromatic N) is 5. The second-order valence-corrected chi connectivity index (χ2v) is 26.1. The Bertz CT molecular complexity index is 3850. The summed E-state index contributed by atoms with van der Waals surface area (Å²) in [6.45, 7) is 4.38. The van der Waals surface area contributed by atoms with Gasteiger partial charge in [-0.25, -0.2) is 29.6 Å². The van der Waals surface area contributed by atoms with Gasteiger partial charge in [-0.3, -0.25) is 33.7 Å². The van der Waals surface area contributed by atoms with Crippen molar-refractivity contribution in [2.45, 2.75) is 68.7 Å². The summed E-state index contributed by atoms with van der Waals surface area (Å²) in [6.07, 6.45) is 0.633. The summed E-state index contributed by atoms with van der Waals surface area (Å²) >= 11 is 0. The lowest BCUT2D eigenvalue weighted by molar-refractivity contribution is -0.645. The number of anilines is 1. The van der Waals surface area contributed by atoms with Gasteiger partial charge in [-0.15, -0.1) is 0 Å². The van der Waals surface area contributed by atoms with Gasteiger partial charge in [0.05, 0.1) is 95.8 Å². The number of fused-ring (bicyclic) bond motifs is 2. The number of rotatable bonds is 31. The maximum absolute atomic E-state index is 15.2. The van der Waals surface area contributed by atoms with Gasteiger partial charge in [0, 0.05) is 87.1 Å². The van der Waals surface area contributed by atoms with Crippen LogP contribution in [0.2, 0.25) is 0 Å². The Balaban J connectivity index is 0.881. The summed E-state index contributed by atoms with van der Waals surface area (Å²) in [7, 11) is -13.6. The number of nitrogens with two attached hydrogens (primary N) is 1. The van der Waals surface area contributed by atoms with E-state index in [0.717, 1.165) is 15.9 Å². The molecule has 1 aromatic heterocycles. The largest absolute Gasteiger partial charge is 0.744 e. The normalized spacial score (nSPS) is 14.2. The van der Waals surface area contributed by atoms with Crippen LogP contribution in [-0.4, -0.2) is 187 Å². The van der Waals surface area contributed by atoms with Crippen molar-refractivity contribution in [2.24, 2.45) is 0 Å². The number of aliphatic carboxylic acids is 1. The van der Waals surface area contributed by atoms with Crippen LogP contribution in [-0.2, 0) is 70.0 Å². The number of sulfonamides is 2. The number of hydrogen-bond donors (Lipinski definition) is 2. The van der Waals surface area contributed by atoms with Crippen LogP contribution in [0.3, 0.4) is 0 Å². The Morgan fingerprint density at radius 3 is 1.78 bits per heavy atom. The van der Waals surface area contributed by atoms with Crippen molar-refractivity contribution in [3.63, 3.8) is 0 Å². The molecule has 4 amide bonds. The molecule has 2 aliphatic rings. The fraction of sp³-hybridized carbons (Fsp3) is 0.407. The fourth-order valence-corrected chi connectivity index (χ4v) is 14.0. The Morgan fingerprint density at radius 2 is 1.20 bits per heavy atom. The number of pyridine rings is 1. The van der Waals surface area contributed by atoms with E-state index in [9.17, 15) is 53.8 Å². The lowest BCUT2D eigenvalue weighted by Crippen LogP contribution is -2.54. The van der Waals surface area contributed by atoms with Crippen molar-refractivity contribution in [2.75, 3.05) is 104 Å². The molecule has 3 heterocycles. The Morgan fingerprint density at radius 1 is 0.651 bits per heavy atom. The number of carbonyl (C=O) groups is 6. The van der Waals surface area contributed by atoms with Crippen molar-refractivity contribution < 1.29 is 87.2 Å². The smallest absolute Gasteiger partial charge is 0.305 e. The summed E-state index contributed by atoms with van der Waals surface area (Å²) in [4.78, 5) is 81.2. The van der Waals surface area contributed by atoms with Crippen molar-refractivity contribution in [1.82, 2.24) is 18.4 Å². The minimum absolute atomic E-state index is 0.00802. The first-order valence-electron chi connectivity index (χ1n) is 28.0. The number of ether oxygens (including phenoxy) is 4. The zero-order chi connectivity index (χ0) is 61.9. The van der Waals surface area contributed by atoms with Crippen molar-refractivity contribution >= 4 is 104 Å². The van der Waals surface area contributed by atoms with Crippen LogP contribution in [0.1, 0.15) is 80.7 Å². The second kappa shape index (κ2) is 28.4. The number of nitrogen functional groups attached to an aromatic ring is 1. The molecule has 0 radical (unpaired) electrons. The van der Waals surface area contributed by atoms with Gasteiger partial charge in [-0.1, -0.05) is 42.0 Å². The fourth-order valence-electron chi connectivity index (χ4n) is 10.5. The van der Waals surface area contributed by atoms with Gasteiger partial charge in [-0.05, 0) is 74.7 Å². The molecule has 24 nitrogen and oxygen atoms in total. The molecule has 86 heavy (non-hydrogen) atoms. The first-order valence-corrected chi connectivity index (χ1v) is 32.4. The first kappa shape index (κ1) is 64.7. The third-order valence-electron chi connectivity index (χ3n) is 14.8. The molecule has 6 aromatic rings. The molecule has 0 unspecified atom stereocenters. The minimum atomic E-state index is -5.15. The average molecular weight is 1250 g/mol. The molecular weight excluding hydrogens is 1180 g/mol. The van der Waals surface area contributed by atoms with Gasteiger partial charge >= 0.3 is 5.97 Å². The molecule has 3 N–H and O–H groups in total. The van der Waals surface area contributed by atoms with E-state index in [0.29, 0.717) is 71.7 Å². The molecule has 8 rings (SSSR count). The predicted molar refractivity (Wildman–Crippen MR) is 313 cm³/mol. The third kappa shape index (κ3) is 15.2. The van der Waals surface area contributed by atoms with Crippen LogP contribution in [0.15, 0.2) is 101 Å². The van der Waals surface area contributed by atoms with E-state index in [1.165, 1.54) is 33.5 Å². The van der Waals surface area contributed by atoms with Gasteiger partial charge in [0.1, 0.15) is 22.4 Å². The molecule has 1 saturated heterocycles. The number of carboxylic acid groups (broad SMARTS) is 1. The van der Waals surface area contributed by atoms with Crippen LogP contribution < -0.4 is 10.3 Å². The van der Waals surface area contributed by atoms with Gasteiger partial charge in [-0.2, -0.15) is 8.87 Å². The Hall–Kier alpha value is -7.34. The molecule has 0 saturated carbocycles. The maximum atomic E-state index is 15.2. The van der Waals surface area contributed by atoms with Crippen LogP contribution in [0.5, 0.6) is 0 Å². The number of piperazine rings is 1. The summed E-state index contributed by atoms with van der Waals surface area (Å²) in [5, 5.41) is 9.54. The molecule has 27 heteroatoms. The van der Waals surface area contributed by atoms with E-state index in [-0.39, 0.29) is 135 Å². The van der Waals surface area contributed by atoms with E-state index in [1.54, 1.807) is 74.5 Å². The molecule has 0 atom stereocenters. The van der Waals surface area contributed by atoms with Gasteiger partial charge in [0.2, 0.25) is 27.0 Å². The standard InChI is InChI=1S/C59H68N6O18S3/c1-40-16-18-43(19-17-40)85(75,76)65(22-7-10-42(66)11-8-27-80-29-31-82-33-34-83-32-30-81-28-20-53(68)69)59(72)55-44-12-3-5-14-49(44)63(50-15-6-4-13-45(50)55)21-9-35-84(73,74)62-25-23-61(24-26-62)52(67)39-64-57(70)47-37-41(2)36-46-54(47)48(58(64)71)38-51(56(46)60)86(77,78)79/h3-6,12-19,36-38H,7-11,20-35,39H2,1-2H3,(H3-,60,68,69,70,71,77,78,79). The van der Waals surface area contributed by atoms with Crippen molar-refractivity contribution in [3.8, 4) is 0 Å². The summed E-state index contributed by atoms with van der Waals surface area (Å²) < 4.78 is 119. The topological polar surface area (TPSA) is 328 Å². The molecular formula is C59H68N6O18S3. The number of aromatic nitrogens is 1. The van der Waals surface area contributed by atoms with Crippen molar-refractivity contribution in [3.05, 3.63) is 119 Å². The highest BCUT2D eigenvalue weighted by molar-refractivity contribution is 7.89. The van der Waals surface area contributed by atoms with Crippen LogP contribution >= 0.6 is 0 Å². The summed E-state index contributed by atoms with van der Waals surface area (Å²) in [5.41, 5.74) is 7.80. The van der Waals surface area contributed by atoms with Gasteiger partial charge in [0.15, 0.2) is 6.54 Å². The molecule has 0 aliphatic carbocycles. The summed E-state index contributed by atoms with van der Waals surface area (Å²) in [6, 6.07) is 23.7. The van der Waals surface area contributed by atoms with Crippen LogP contribution in [0, 0.1) is 13.8 Å². The maximum Gasteiger partial charge on any atom is 0.305 e. The second-order valence-electron chi connectivity index (χ2n) is 20.8. The molecule has 0 spiro atoms. The number of amides is 4. The van der Waals surface area contributed by atoms with Crippen molar-refractivity contribution in [1.29, 1.82) is 0 Å². The average Bonchev–Trinajstić information content (AvgIpc) is 0.775. The first-order chi connectivity index (χ1) is 41.0. The number of hydrogen-bond acceptors (Lipinski definition) is 18. The third-order valence-corrected chi connectivity index (χ3v) is 19.4. The van der Waals surface area contributed by atoms with E-state index in [2.05, 4.69) is 0 Å². The SMILES string of the molecule is Cc1ccc(S(=O)(=O)N(CCCC(=O)CCCOCCOCCOCCOCCC(=O)O)C(=O)c2c3ccccc3[n+](CCCS(=O)(=O)N3CCN(C(=O)CN4C(=O)c5cc(C)cc6c(N)c(S(=O)(=O)[O-])cc(c56)C4=O)CC3)c3ccccc23)cc1. The molecule has 1 fully saturated rings. The lowest BCUT2D eigenvalue weighted by Gasteiger charge is -2.35. The molecule has 5 aromatic carbocycles. The van der Waals surface area contributed by atoms with Crippen LogP contribution in [0.4, 0.5) is 5.69 Å². The number of Topliss-reactive ketones (excluding diaryl/α,β-unsaturated/α-hetero) is 1.